The van der Waals surface area contributed by atoms with Gasteiger partial charge in [0.15, 0.2) is 0 Å². The van der Waals surface area contributed by atoms with Crippen LogP contribution in [0.1, 0.15) is 11.1 Å². The number of methoxy groups -OCH3 is 1. The Hall–Kier alpha value is -2.85. The van der Waals surface area contributed by atoms with E-state index in [4.69, 9.17) is 4.74 Å². The Kier molecular flexibility index (Phi) is 4.35. The zero-order chi connectivity index (χ0) is 18.1. The number of ether oxygens (including phenoxy) is 1. The van der Waals surface area contributed by atoms with E-state index in [9.17, 15) is 4.79 Å². The number of hydrogen-bond acceptors (Lipinski definition) is 2. The third-order valence-electron chi connectivity index (χ3n) is 4.38. The minimum Gasteiger partial charge on any atom is -0.496 e. The average Bonchev–Trinajstić information content (AvgIpc) is 2.97. The van der Waals surface area contributed by atoms with Gasteiger partial charge in [-0.2, -0.15) is 0 Å². The Morgan fingerprint density at radius 3 is 2.54 bits per heavy atom. The quantitative estimate of drug-likeness (QED) is 0.574. The highest BCUT2D eigenvalue weighted by Gasteiger charge is 2.24. The van der Waals surface area contributed by atoms with Crippen molar-refractivity contribution < 1.29 is 9.53 Å². The molecule has 1 heterocycles. The molecule has 3 aromatic carbocycles. The summed E-state index contributed by atoms with van der Waals surface area (Å²) in [6, 6.07) is 21.8. The molecule has 1 aliphatic heterocycles. The highest BCUT2D eigenvalue weighted by atomic mass is 79.9. The normalized spacial score (nSPS) is 14.2. The summed E-state index contributed by atoms with van der Waals surface area (Å²) in [6.45, 7) is 0. The summed E-state index contributed by atoms with van der Waals surface area (Å²) in [7, 11) is 1.66. The van der Waals surface area contributed by atoms with E-state index in [1.807, 2.05) is 72.8 Å². The molecule has 1 aliphatic rings. The Balaban J connectivity index is 1.82. The summed E-state index contributed by atoms with van der Waals surface area (Å²) in [4.78, 5) is 12.4. The van der Waals surface area contributed by atoms with Crippen molar-refractivity contribution in [2.45, 2.75) is 0 Å². The first-order valence-corrected chi connectivity index (χ1v) is 9.01. The maximum Gasteiger partial charge on any atom is 0.256 e. The van der Waals surface area contributed by atoms with Gasteiger partial charge in [0.1, 0.15) is 5.75 Å². The van der Waals surface area contributed by atoms with Crippen LogP contribution < -0.4 is 10.1 Å². The highest BCUT2D eigenvalue weighted by molar-refractivity contribution is 9.10. The van der Waals surface area contributed by atoms with Crippen molar-refractivity contribution in [1.82, 2.24) is 0 Å². The Bertz CT molecular complexity index is 1030. The van der Waals surface area contributed by atoms with Crippen LogP contribution in [-0.4, -0.2) is 13.0 Å². The number of carbonyl (C=O) groups excluding carboxylic acids is 1. The summed E-state index contributed by atoms with van der Waals surface area (Å²) in [5, 5.41) is 2.91. The first kappa shape index (κ1) is 16.6. The summed E-state index contributed by atoms with van der Waals surface area (Å²) >= 11 is 3.48. The molecule has 3 aromatic rings. The van der Waals surface area contributed by atoms with Crippen LogP contribution in [0.2, 0.25) is 0 Å². The fraction of sp³-hybridized carbons (Fsp3) is 0.0455. The molecular formula is C22H16BrNO2. The Morgan fingerprint density at radius 2 is 1.77 bits per heavy atom. The van der Waals surface area contributed by atoms with Crippen LogP contribution in [0.5, 0.6) is 5.75 Å². The summed E-state index contributed by atoms with van der Waals surface area (Å²) in [6.07, 6.45) is 1.92. The monoisotopic (exact) mass is 405 g/mol. The standard InChI is InChI=1S/C22H16BrNO2/c1-26-21-10-7-14(11-17(21)15-5-3-2-4-6-15)12-19-18-13-16(23)8-9-20(18)24-22(19)25/h2-13H,1H3,(H,24,25)/b19-12+. The third kappa shape index (κ3) is 3.04. The van der Waals surface area contributed by atoms with E-state index in [1.165, 1.54) is 0 Å². The van der Waals surface area contributed by atoms with Crippen LogP contribution in [0.4, 0.5) is 5.69 Å². The topological polar surface area (TPSA) is 38.3 Å². The minimum atomic E-state index is -0.0878. The first-order chi connectivity index (χ1) is 12.7. The molecule has 0 aromatic heterocycles. The number of nitrogens with one attached hydrogen (secondary N) is 1. The van der Waals surface area contributed by atoms with Gasteiger partial charge in [-0.1, -0.05) is 52.3 Å². The molecule has 0 unspecified atom stereocenters. The molecule has 1 N–H and O–H groups in total. The number of halogens is 1. The number of carbonyl (C=O) groups is 1. The van der Waals surface area contributed by atoms with Crippen molar-refractivity contribution in [2.24, 2.45) is 0 Å². The number of amides is 1. The van der Waals surface area contributed by atoms with E-state index >= 15 is 0 Å². The van der Waals surface area contributed by atoms with Gasteiger partial charge >= 0.3 is 0 Å². The van der Waals surface area contributed by atoms with Crippen LogP contribution in [0, 0.1) is 0 Å². The van der Waals surface area contributed by atoms with Gasteiger partial charge < -0.3 is 10.1 Å². The van der Waals surface area contributed by atoms with E-state index in [-0.39, 0.29) is 5.91 Å². The van der Waals surface area contributed by atoms with Crippen molar-refractivity contribution in [2.75, 3.05) is 12.4 Å². The number of anilines is 1. The zero-order valence-corrected chi connectivity index (χ0v) is 15.7. The molecule has 3 nitrogen and oxygen atoms in total. The molecule has 0 atom stereocenters. The van der Waals surface area contributed by atoms with Crippen molar-refractivity contribution in [3.63, 3.8) is 0 Å². The Labute approximate surface area is 160 Å². The average molecular weight is 406 g/mol. The lowest BCUT2D eigenvalue weighted by molar-refractivity contribution is -0.110. The van der Waals surface area contributed by atoms with Crippen LogP contribution in [0.25, 0.3) is 22.8 Å². The third-order valence-corrected chi connectivity index (χ3v) is 4.88. The minimum absolute atomic E-state index is 0.0878. The lowest BCUT2D eigenvalue weighted by Gasteiger charge is -2.10. The van der Waals surface area contributed by atoms with Crippen LogP contribution in [-0.2, 0) is 4.79 Å². The summed E-state index contributed by atoms with van der Waals surface area (Å²) in [5.41, 5.74) is 5.41. The van der Waals surface area contributed by atoms with E-state index in [0.717, 1.165) is 38.2 Å². The van der Waals surface area contributed by atoms with Gasteiger partial charge in [0.05, 0.1) is 7.11 Å². The molecule has 0 fully saturated rings. The molecule has 0 spiro atoms. The van der Waals surface area contributed by atoms with Crippen molar-refractivity contribution in [1.29, 1.82) is 0 Å². The molecular weight excluding hydrogens is 390 g/mol. The summed E-state index contributed by atoms with van der Waals surface area (Å²) < 4.78 is 6.45. The Morgan fingerprint density at radius 1 is 0.962 bits per heavy atom. The second kappa shape index (κ2) is 6.81. The van der Waals surface area contributed by atoms with E-state index in [2.05, 4.69) is 21.2 Å². The molecule has 1 amide bonds. The molecule has 0 radical (unpaired) electrons. The lowest BCUT2D eigenvalue weighted by atomic mass is 9.99. The maximum absolute atomic E-state index is 12.4. The molecule has 0 aliphatic carbocycles. The lowest BCUT2D eigenvalue weighted by Crippen LogP contribution is -2.03. The number of rotatable bonds is 3. The van der Waals surface area contributed by atoms with Gasteiger partial charge in [-0.25, -0.2) is 0 Å². The van der Waals surface area contributed by atoms with Crippen LogP contribution in [0.15, 0.2) is 71.2 Å². The van der Waals surface area contributed by atoms with Gasteiger partial charge in [0.2, 0.25) is 0 Å². The molecule has 4 heteroatoms. The van der Waals surface area contributed by atoms with E-state index in [1.54, 1.807) is 7.11 Å². The molecule has 128 valence electrons. The number of benzene rings is 3. The van der Waals surface area contributed by atoms with E-state index in [0.29, 0.717) is 5.57 Å². The largest absolute Gasteiger partial charge is 0.496 e. The van der Waals surface area contributed by atoms with Crippen LogP contribution in [0.3, 0.4) is 0 Å². The second-order valence-electron chi connectivity index (χ2n) is 6.03. The molecule has 0 saturated carbocycles. The van der Waals surface area contributed by atoms with Crippen molar-refractivity contribution in [3.05, 3.63) is 82.3 Å². The maximum atomic E-state index is 12.4. The fourth-order valence-corrected chi connectivity index (χ4v) is 3.49. The van der Waals surface area contributed by atoms with Gasteiger partial charge in [-0.05, 0) is 47.5 Å². The summed E-state index contributed by atoms with van der Waals surface area (Å²) in [5.74, 6) is 0.715. The van der Waals surface area contributed by atoms with Gasteiger partial charge in [-0.3, -0.25) is 4.79 Å². The molecule has 26 heavy (non-hydrogen) atoms. The van der Waals surface area contributed by atoms with Crippen molar-refractivity contribution in [3.8, 4) is 16.9 Å². The molecule has 4 rings (SSSR count). The molecule has 0 bridgehead atoms. The van der Waals surface area contributed by atoms with Gasteiger partial charge in [0.25, 0.3) is 5.91 Å². The smallest absolute Gasteiger partial charge is 0.256 e. The zero-order valence-electron chi connectivity index (χ0n) is 14.1. The number of fused-ring (bicyclic) bond motifs is 1. The fourth-order valence-electron chi connectivity index (χ4n) is 3.13. The molecule has 0 saturated heterocycles. The first-order valence-electron chi connectivity index (χ1n) is 8.22. The van der Waals surface area contributed by atoms with Crippen LogP contribution >= 0.6 is 15.9 Å². The predicted molar refractivity (Wildman–Crippen MR) is 109 cm³/mol. The highest BCUT2D eigenvalue weighted by Crippen LogP contribution is 2.36. The SMILES string of the molecule is COc1ccc(/C=C2/C(=O)Nc3ccc(Br)cc32)cc1-c1ccccc1. The second-order valence-corrected chi connectivity index (χ2v) is 6.94. The van der Waals surface area contributed by atoms with Gasteiger partial charge in [0, 0.05) is 26.9 Å². The predicted octanol–water partition coefficient (Wildman–Crippen LogP) is 5.62. The number of hydrogen-bond donors (Lipinski definition) is 1. The van der Waals surface area contributed by atoms with Gasteiger partial charge in [-0.15, -0.1) is 0 Å². The van der Waals surface area contributed by atoms with E-state index < -0.39 is 0 Å². The van der Waals surface area contributed by atoms with Crippen molar-refractivity contribution >= 4 is 39.2 Å².